The van der Waals surface area contributed by atoms with Crippen molar-refractivity contribution in [1.82, 2.24) is 5.43 Å². The van der Waals surface area contributed by atoms with Crippen molar-refractivity contribution in [3.63, 3.8) is 0 Å². The molecule has 2 N–H and O–H groups in total. The van der Waals surface area contributed by atoms with Gasteiger partial charge in [0.05, 0.1) is 36.4 Å². The van der Waals surface area contributed by atoms with Crippen LogP contribution in [0.25, 0.3) is 0 Å². The number of nitrogens with one attached hydrogen (secondary N) is 2. The summed E-state index contributed by atoms with van der Waals surface area (Å²) >= 11 is 30.5. The van der Waals surface area contributed by atoms with Gasteiger partial charge in [-0.15, -0.1) is 0 Å². The third kappa shape index (κ3) is 5.56. The lowest BCUT2D eigenvalue weighted by molar-refractivity contribution is -0.110. The quantitative estimate of drug-likeness (QED) is 0.102. The van der Waals surface area contributed by atoms with Gasteiger partial charge in [0.2, 0.25) is 0 Å². The average Bonchev–Trinajstić information content (AvgIpc) is 3.20. The highest BCUT2D eigenvalue weighted by molar-refractivity contribution is 6.49. The number of carbonyl (C=O) groups is 3. The molecule has 4 rings (SSSR count). The fourth-order valence-electron chi connectivity index (χ4n) is 3.84. The molecule has 2 atom stereocenters. The number of Topliss-reactive ketones (excluding diaryl/α,β-unsaturated/α-hetero) is 1. The minimum Gasteiger partial charge on any atom is -0.453 e. The van der Waals surface area contributed by atoms with E-state index < -0.39 is 29.7 Å². The number of esters is 1. The van der Waals surface area contributed by atoms with Crippen molar-refractivity contribution in [2.24, 2.45) is 11.0 Å². The van der Waals surface area contributed by atoms with Crippen LogP contribution < -0.4 is 10.7 Å². The number of ketones is 1. The number of halogens is 5. The van der Waals surface area contributed by atoms with Crippen LogP contribution in [0.15, 0.2) is 59.7 Å². The van der Waals surface area contributed by atoms with Gasteiger partial charge >= 0.3 is 5.97 Å². The van der Waals surface area contributed by atoms with Gasteiger partial charge in [-0.25, -0.2) is 4.79 Å². The van der Waals surface area contributed by atoms with Crippen molar-refractivity contribution in [1.29, 1.82) is 0 Å². The summed E-state index contributed by atoms with van der Waals surface area (Å²) < 4.78 is 5.60. The predicted molar refractivity (Wildman–Crippen MR) is 145 cm³/mol. The Hall–Kier alpha value is -2.81. The molecular formula is C25H16Cl5N3O4. The second-order valence-corrected chi connectivity index (χ2v) is 9.84. The van der Waals surface area contributed by atoms with Gasteiger partial charge in [-0.3, -0.25) is 9.59 Å². The van der Waals surface area contributed by atoms with Crippen molar-refractivity contribution in [2.45, 2.75) is 6.10 Å². The number of anilines is 1. The molecule has 2 unspecified atom stereocenters. The molecule has 0 radical (unpaired) electrons. The normalized spacial score (nSPS) is 15.6. The number of cyclic esters (lactones) is 1. The molecule has 0 spiro atoms. The molecule has 3 aromatic carbocycles. The van der Waals surface area contributed by atoms with Crippen molar-refractivity contribution >= 4 is 87.1 Å². The number of rotatable bonds is 7. The fourth-order valence-corrected chi connectivity index (χ4v) is 4.73. The summed E-state index contributed by atoms with van der Waals surface area (Å²) in [7, 11) is 1.45. The zero-order chi connectivity index (χ0) is 26.9. The van der Waals surface area contributed by atoms with E-state index in [1.54, 1.807) is 24.3 Å². The van der Waals surface area contributed by atoms with Crippen LogP contribution in [-0.2, 0) is 9.53 Å². The minimum absolute atomic E-state index is 0.108. The zero-order valence-corrected chi connectivity index (χ0v) is 22.6. The van der Waals surface area contributed by atoms with E-state index in [0.717, 1.165) is 0 Å². The standard InChI is InChI=1S/C25H16Cl5N3O4/c1-31-33-21(24(35)32-19-10-17(29)16(28)9-18(19)30)20(22(34)11-6-7-14(26)15(27)8-11)23-12-4-2-3-5-13(12)25(36)37-23/h2-10,20,23,31H,1H3,(H,32,35)/b33-21+. The maximum Gasteiger partial charge on any atom is 0.339 e. The van der Waals surface area contributed by atoms with E-state index in [1.807, 2.05) is 0 Å². The second-order valence-electron chi connectivity index (χ2n) is 7.80. The lowest BCUT2D eigenvalue weighted by Crippen LogP contribution is -2.39. The first kappa shape index (κ1) is 27.2. The van der Waals surface area contributed by atoms with Crippen LogP contribution >= 0.6 is 58.0 Å². The number of carbonyl (C=O) groups excluding carboxylic acids is 3. The van der Waals surface area contributed by atoms with Gasteiger partial charge in [-0.2, -0.15) is 5.10 Å². The third-order valence-corrected chi connectivity index (χ3v) is 7.30. The summed E-state index contributed by atoms with van der Waals surface area (Å²) in [5.41, 5.74) is 3.22. The van der Waals surface area contributed by atoms with Gasteiger partial charge in [-0.05, 0) is 36.4 Å². The first-order valence-electron chi connectivity index (χ1n) is 10.6. The summed E-state index contributed by atoms with van der Waals surface area (Å²) in [5, 5.41) is 7.53. The summed E-state index contributed by atoms with van der Waals surface area (Å²) in [6.07, 6.45) is -1.16. The van der Waals surface area contributed by atoms with Crippen LogP contribution in [0.5, 0.6) is 0 Å². The summed E-state index contributed by atoms with van der Waals surface area (Å²) in [5.74, 6) is -3.39. The molecule has 1 amide bonds. The molecule has 0 bridgehead atoms. The van der Waals surface area contributed by atoms with Crippen LogP contribution in [0.2, 0.25) is 25.1 Å². The highest BCUT2D eigenvalue weighted by atomic mass is 35.5. The molecule has 37 heavy (non-hydrogen) atoms. The highest BCUT2D eigenvalue weighted by Crippen LogP contribution is 2.39. The Bertz CT molecular complexity index is 1460. The molecule has 0 aliphatic carbocycles. The van der Waals surface area contributed by atoms with E-state index in [0.29, 0.717) is 5.56 Å². The molecule has 7 nitrogen and oxygen atoms in total. The lowest BCUT2D eigenvalue weighted by atomic mass is 9.84. The van der Waals surface area contributed by atoms with E-state index >= 15 is 0 Å². The van der Waals surface area contributed by atoms with Gasteiger partial charge < -0.3 is 15.5 Å². The number of benzene rings is 3. The SMILES string of the molecule is CN/N=C(/C(=O)Nc1cc(Cl)c(Cl)cc1Cl)C(C(=O)c1ccc(Cl)c(Cl)c1)C1OC(=O)c2ccccc21. The number of nitrogens with zero attached hydrogens (tertiary/aromatic N) is 1. The van der Waals surface area contributed by atoms with Crippen molar-refractivity contribution in [3.05, 3.63) is 96.4 Å². The zero-order valence-electron chi connectivity index (χ0n) is 18.8. The maximum atomic E-state index is 13.9. The predicted octanol–water partition coefficient (Wildman–Crippen LogP) is 6.88. The molecule has 0 aromatic heterocycles. The van der Waals surface area contributed by atoms with Crippen LogP contribution in [0, 0.1) is 5.92 Å². The third-order valence-electron chi connectivity index (χ3n) is 5.53. The summed E-state index contributed by atoms with van der Waals surface area (Å²) in [6, 6.07) is 13.6. The Labute approximate surface area is 236 Å². The van der Waals surface area contributed by atoms with Crippen molar-refractivity contribution in [3.8, 4) is 0 Å². The molecule has 1 aliphatic heterocycles. The Morgan fingerprint density at radius 1 is 0.892 bits per heavy atom. The van der Waals surface area contributed by atoms with Gasteiger partial charge in [-0.1, -0.05) is 76.2 Å². The molecule has 1 aliphatic rings. The van der Waals surface area contributed by atoms with E-state index in [4.69, 9.17) is 62.7 Å². The highest BCUT2D eigenvalue weighted by Gasteiger charge is 2.45. The molecule has 12 heteroatoms. The lowest BCUT2D eigenvalue weighted by Gasteiger charge is -2.24. The first-order chi connectivity index (χ1) is 17.6. The van der Waals surface area contributed by atoms with Crippen LogP contribution in [0.3, 0.4) is 0 Å². The number of amides is 1. The van der Waals surface area contributed by atoms with Crippen LogP contribution in [-0.4, -0.2) is 30.4 Å². The Balaban J connectivity index is 1.82. The Morgan fingerprint density at radius 3 is 2.27 bits per heavy atom. The molecule has 1 heterocycles. The number of hydrogen-bond donors (Lipinski definition) is 2. The van der Waals surface area contributed by atoms with Gasteiger partial charge in [0.1, 0.15) is 17.7 Å². The minimum atomic E-state index is -1.38. The second kappa shape index (κ2) is 11.3. The Kier molecular flexibility index (Phi) is 8.31. The molecule has 190 valence electrons. The van der Waals surface area contributed by atoms with Crippen molar-refractivity contribution < 1.29 is 19.1 Å². The Morgan fingerprint density at radius 2 is 1.57 bits per heavy atom. The van der Waals surface area contributed by atoms with Gasteiger partial charge in [0.15, 0.2) is 5.78 Å². The summed E-state index contributed by atoms with van der Waals surface area (Å²) in [4.78, 5) is 40.1. The van der Waals surface area contributed by atoms with Gasteiger partial charge in [0.25, 0.3) is 5.91 Å². The number of hydrogen-bond acceptors (Lipinski definition) is 6. The monoisotopic (exact) mass is 597 g/mol. The summed E-state index contributed by atoms with van der Waals surface area (Å²) in [6.45, 7) is 0. The number of fused-ring (bicyclic) bond motifs is 1. The smallest absolute Gasteiger partial charge is 0.339 e. The number of hydrazone groups is 1. The van der Waals surface area contributed by atoms with E-state index in [2.05, 4.69) is 15.8 Å². The molecule has 3 aromatic rings. The van der Waals surface area contributed by atoms with E-state index in [-0.39, 0.29) is 47.6 Å². The molecule has 0 fully saturated rings. The largest absolute Gasteiger partial charge is 0.453 e. The molecule has 0 saturated heterocycles. The van der Waals surface area contributed by atoms with Crippen molar-refractivity contribution in [2.75, 3.05) is 12.4 Å². The van der Waals surface area contributed by atoms with E-state index in [9.17, 15) is 14.4 Å². The first-order valence-corrected chi connectivity index (χ1v) is 12.5. The number of ether oxygens (including phenoxy) is 1. The van der Waals surface area contributed by atoms with Crippen LogP contribution in [0.4, 0.5) is 5.69 Å². The fraction of sp³-hybridized carbons (Fsp3) is 0.120. The van der Waals surface area contributed by atoms with Crippen LogP contribution in [0.1, 0.15) is 32.4 Å². The van der Waals surface area contributed by atoms with E-state index in [1.165, 1.54) is 37.4 Å². The topological polar surface area (TPSA) is 96.9 Å². The van der Waals surface area contributed by atoms with Gasteiger partial charge in [0, 0.05) is 18.2 Å². The average molecular weight is 600 g/mol. The molecular weight excluding hydrogens is 584 g/mol. The maximum absolute atomic E-state index is 13.9. The molecule has 0 saturated carbocycles.